The van der Waals surface area contributed by atoms with E-state index in [0.29, 0.717) is 29.7 Å². The number of hydrogen-bond donors (Lipinski definition) is 4. The number of benzene rings is 1. The van der Waals surface area contributed by atoms with E-state index in [4.69, 9.17) is 4.74 Å². The largest absolute Gasteiger partial charge is 0.508 e. The number of carbonyl (C=O) groups is 2. The number of aliphatic hydroxyl groups is 2. The van der Waals surface area contributed by atoms with Crippen molar-refractivity contribution in [2.24, 2.45) is 22.7 Å². The number of aromatic hydroxyl groups is 1. The minimum Gasteiger partial charge on any atom is -0.508 e. The third kappa shape index (κ3) is 3.05. The summed E-state index contributed by atoms with van der Waals surface area (Å²) in [5.41, 5.74) is 0.349. The maximum absolute atomic E-state index is 13.2. The zero-order valence-electron chi connectivity index (χ0n) is 21.2. The zero-order valence-corrected chi connectivity index (χ0v) is 21.2. The second kappa shape index (κ2) is 7.59. The number of hydrogen-bond acceptors (Lipinski definition) is 6. The normalized spacial score (nSPS) is 36.8. The molecule has 2 heterocycles. The van der Waals surface area contributed by atoms with Gasteiger partial charge in [-0.2, -0.15) is 0 Å². The van der Waals surface area contributed by atoms with E-state index in [2.05, 4.69) is 27.7 Å². The van der Waals surface area contributed by atoms with Crippen LogP contribution in [0.4, 0.5) is 0 Å². The lowest BCUT2D eigenvalue weighted by atomic mass is 9.43. The van der Waals surface area contributed by atoms with Crippen LogP contribution in [-0.4, -0.2) is 61.1 Å². The maximum Gasteiger partial charge on any atom is 0.329 e. The van der Waals surface area contributed by atoms with Crippen LogP contribution < -0.4 is 4.74 Å². The summed E-state index contributed by atoms with van der Waals surface area (Å²) in [4.78, 5) is 26.2. The van der Waals surface area contributed by atoms with E-state index < -0.39 is 29.6 Å². The van der Waals surface area contributed by atoms with Crippen molar-refractivity contribution < 1.29 is 34.8 Å². The number of amides is 1. The van der Waals surface area contributed by atoms with Crippen molar-refractivity contribution >= 4 is 11.9 Å². The quantitative estimate of drug-likeness (QED) is 0.516. The fourth-order valence-corrected chi connectivity index (χ4v) is 8.12. The Kier molecular flexibility index (Phi) is 5.29. The van der Waals surface area contributed by atoms with Crippen LogP contribution in [-0.2, 0) is 17.8 Å². The number of aliphatic hydroxyl groups excluding tert-OH is 2. The lowest BCUT2D eigenvalue weighted by Crippen LogP contribution is -2.66. The first-order valence-electron chi connectivity index (χ1n) is 12.7. The van der Waals surface area contributed by atoms with Gasteiger partial charge in [-0.05, 0) is 55.9 Å². The molecule has 8 nitrogen and oxygen atoms in total. The van der Waals surface area contributed by atoms with Crippen molar-refractivity contribution in [3.8, 4) is 11.5 Å². The van der Waals surface area contributed by atoms with Crippen LogP contribution in [0.25, 0.3) is 0 Å². The number of phenols is 1. The average molecular weight is 488 g/mol. The third-order valence-corrected chi connectivity index (χ3v) is 10.2. The van der Waals surface area contributed by atoms with Crippen molar-refractivity contribution in [1.82, 2.24) is 4.90 Å². The Bertz CT molecular complexity index is 1100. The Labute approximate surface area is 205 Å². The molecule has 0 bridgehead atoms. The number of fused-ring (bicyclic) bond motifs is 5. The number of rotatable bonds is 3. The number of aliphatic carboxylic acids is 1. The molecule has 0 saturated heterocycles. The fraction of sp³-hybridized carbons (Fsp3) is 0.704. The second-order valence-electron chi connectivity index (χ2n) is 12.2. The van der Waals surface area contributed by atoms with Crippen LogP contribution in [0, 0.1) is 22.7 Å². The van der Waals surface area contributed by atoms with E-state index in [9.17, 15) is 30.0 Å². The minimum atomic E-state index is -1.39. The lowest BCUT2D eigenvalue weighted by Gasteiger charge is -2.64. The molecule has 2 aliphatic carbocycles. The van der Waals surface area contributed by atoms with E-state index in [1.807, 2.05) is 0 Å². The Morgan fingerprint density at radius 1 is 1.20 bits per heavy atom. The van der Waals surface area contributed by atoms with Gasteiger partial charge in [0.1, 0.15) is 17.1 Å². The molecule has 4 N–H and O–H groups in total. The number of carbonyl (C=O) groups excluding carboxylic acids is 1. The zero-order chi connectivity index (χ0) is 25.7. The molecule has 1 amide bonds. The molecule has 8 heteroatoms. The van der Waals surface area contributed by atoms with Crippen molar-refractivity contribution in [2.75, 3.05) is 0 Å². The standard InChI is InChI=1S/C27H37NO7/c1-13-6-7-19-25(3,4)20(31)8-9-26(19,5)27(13)11-16-18(30)10-15-17(22(16)35-27)12-28(23(15)32)21(14(2)29)24(33)34/h10,13-14,19-21,29-31H,6-9,11-12H2,1-5H3,(H,33,34). The van der Waals surface area contributed by atoms with Crippen LogP contribution in [0.15, 0.2) is 6.07 Å². The molecule has 0 radical (unpaired) electrons. The highest BCUT2D eigenvalue weighted by Gasteiger charge is 2.67. The molecule has 1 spiro atoms. The summed E-state index contributed by atoms with van der Waals surface area (Å²) in [7, 11) is 0. The van der Waals surface area contributed by atoms with Gasteiger partial charge in [0.2, 0.25) is 0 Å². The Morgan fingerprint density at radius 3 is 2.51 bits per heavy atom. The van der Waals surface area contributed by atoms with E-state index in [1.165, 1.54) is 13.0 Å². The molecule has 1 aromatic carbocycles. The van der Waals surface area contributed by atoms with E-state index in [-0.39, 0.29) is 46.6 Å². The Hall–Kier alpha value is -2.32. The summed E-state index contributed by atoms with van der Waals surface area (Å²) in [5.74, 6) is -0.915. The molecule has 35 heavy (non-hydrogen) atoms. The average Bonchev–Trinajstić information content (AvgIpc) is 3.31. The summed E-state index contributed by atoms with van der Waals surface area (Å²) in [6.45, 7) is 10.1. The summed E-state index contributed by atoms with van der Waals surface area (Å²) in [6.07, 6.45) is 2.28. The molecular weight excluding hydrogens is 450 g/mol. The monoisotopic (exact) mass is 487 g/mol. The molecule has 2 saturated carbocycles. The predicted octanol–water partition coefficient (Wildman–Crippen LogP) is 3.09. The summed E-state index contributed by atoms with van der Waals surface area (Å²) in [5, 5.41) is 41.6. The Balaban J connectivity index is 1.59. The van der Waals surface area contributed by atoms with E-state index >= 15 is 0 Å². The molecular formula is C27H37NO7. The number of carboxylic acids is 1. The smallest absolute Gasteiger partial charge is 0.329 e. The fourth-order valence-electron chi connectivity index (χ4n) is 8.12. The first-order chi connectivity index (χ1) is 16.3. The van der Waals surface area contributed by atoms with Gasteiger partial charge in [-0.1, -0.05) is 27.7 Å². The van der Waals surface area contributed by atoms with Gasteiger partial charge >= 0.3 is 5.97 Å². The highest BCUT2D eigenvalue weighted by atomic mass is 16.5. The van der Waals surface area contributed by atoms with Gasteiger partial charge in [0.15, 0.2) is 6.04 Å². The van der Waals surface area contributed by atoms with E-state index in [1.54, 1.807) is 0 Å². The lowest BCUT2D eigenvalue weighted by molar-refractivity contribution is -0.210. The topological polar surface area (TPSA) is 128 Å². The molecule has 2 aliphatic heterocycles. The van der Waals surface area contributed by atoms with Gasteiger partial charge < -0.3 is 30.1 Å². The van der Waals surface area contributed by atoms with Gasteiger partial charge in [-0.15, -0.1) is 0 Å². The molecule has 4 aliphatic rings. The van der Waals surface area contributed by atoms with Crippen LogP contribution in [0.5, 0.6) is 11.5 Å². The Morgan fingerprint density at radius 2 is 1.89 bits per heavy atom. The van der Waals surface area contributed by atoms with Crippen LogP contribution in [0.2, 0.25) is 0 Å². The van der Waals surface area contributed by atoms with Crippen molar-refractivity contribution in [1.29, 1.82) is 0 Å². The molecule has 0 aromatic heterocycles. The molecule has 192 valence electrons. The number of ether oxygens (including phenoxy) is 1. The van der Waals surface area contributed by atoms with Crippen LogP contribution in [0.3, 0.4) is 0 Å². The van der Waals surface area contributed by atoms with Crippen LogP contribution in [0.1, 0.15) is 81.8 Å². The predicted molar refractivity (Wildman–Crippen MR) is 127 cm³/mol. The van der Waals surface area contributed by atoms with Gasteiger partial charge in [-0.25, -0.2) is 4.79 Å². The van der Waals surface area contributed by atoms with Gasteiger partial charge in [0.05, 0.1) is 24.3 Å². The molecule has 7 unspecified atom stereocenters. The SMILES string of the molecule is CC(O)C(C(=O)O)N1Cc2c(cc(O)c3c2OC2(C3)C(C)CCC3C(C)(C)C(O)CCC32C)C1=O. The van der Waals surface area contributed by atoms with Crippen LogP contribution >= 0.6 is 0 Å². The molecule has 2 fully saturated rings. The first-order valence-corrected chi connectivity index (χ1v) is 12.7. The number of carboxylic acid groups (broad SMARTS) is 1. The van der Waals surface area contributed by atoms with Gasteiger partial charge in [0, 0.05) is 23.0 Å². The molecule has 1 aromatic rings. The van der Waals surface area contributed by atoms with Crippen molar-refractivity contribution in [2.45, 2.75) is 97.1 Å². The third-order valence-electron chi connectivity index (χ3n) is 10.2. The second-order valence-corrected chi connectivity index (χ2v) is 12.2. The van der Waals surface area contributed by atoms with Gasteiger partial charge in [-0.3, -0.25) is 4.79 Å². The minimum absolute atomic E-state index is 0.00740. The highest BCUT2D eigenvalue weighted by molar-refractivity contribution is 6.02. The summed E-state index contributed by atoms with van der Waals surface area (Å²) in [6, 6.07) is 0.0426. The molecule has 7 atom stereocenters. The van der Waals surface area contributed by atoms with Crippen molar-refractivity contribution in [3.05, 3.63) is 22.8 Å². The summed E-state index contributed by atoms with van der Waals surface area (Å²) < 4.78 is 6.94. The van der Waals surface area contributed by atoms with Crippen molar-refractivity contribution in [3.63, 3.8) is 0 Å². The van der Waals surface area contributed by atoms with Gasteiger partial charge in [0.25, 0.3) is 5.91 Å². The first kappa shape index (κ1) is 24.4. The highest BCUT2D eigenvalue weighted by Crippen LogP contribution is 2.67. The molecule has 5 rings (SSSR count). The number of nitrogens with zero attached hydrogens (tertiary/aromatic N) is 1. The summed E-state index contributed by atoms with van der Waals surface area (Å²) >= 11 is 0. The number of phenolic OH excluding ortho intramolecular Hbond substituents is 1. The maximum atomic E-state index is 13.2. The van der Waals surface area contributed by atoms with E-state index in [0.717, 1.165) is 24.2 Å².